The monoisotopic (exact) mass is 361 g/mol. The largest absolute Gasteiger partial charge is 0.334 e. The van der Waals surface area contributed by atoms with Crippen molar-refractivity contribution in [3.05, 3.63) is 88.4 Å². The van der Waals surface area contributed by atoms with E-state index in [-0.39, 0.29) is 11.5 Å². The molecule has 1 aromatic heterocycles. The number of hydrogen-bond acceptors (Lipinski definition) is 3. The van der Waals surface area contributed by atoms with E-state index in [9.17, 15) is 9.59 Å². The lowest BCUT2D eigenvalue weighted by Gasteiger charge is -2.25. The molecule has 0 radical (unpaired) electrons. The van der Waals surface area contributed by atoms with Gasteiger partial charge in [-0.05, 0) is 31.0 Å². The molecule has 27 heavy (non-hydrogen) atoms. The Balaban J connectivity index is 1.95. The van der Waals surface area contributed by atoms with E-state index in [1.165, 1.54) is 0 Å². The summed E-state index contributed by atoms with van der Waals surface area (Å²) in [6, 6.07) is 15.2. The van der Waals surface area contributed by atoms with Crippen molar-refractivity contribution in [3.63, 3.8) is 0 Å². The Morgan fingerprint density at radius 1 is 1.19 bits per heavy atom. The fraction of sp³-hybridized carbons (Fsp3) is 0.227. The topological polar surface area (TPSA) is 66.1 Å². The molecule has 0 aliphatic carbocycles. The number of aryl methyl sites for hydroxylation is 1. The second-order valence-corrected chi connectivity index (χ2v) is 6.64. The molecule has 0 aliphatic heterocycles. The Kier molecular flexibility index (Phi) is 5.50. The van der Waals surface area contributed by atoms with Gasteiger partial charge in [-0.2, -0.15) is 5.10 Å². The van der Waals surface area contributed by atoms with Gasteiger partial charge >= 0.3 is 0 Å². The molecule has 1 atom stereocenters. The van der Waals surface area contributed by atoms with Crippen LogP contribution in [0.15, 0.2) is 66.0 Å². The van der Waals surface area contributed by atoms with Gasteiger partial charge in [0.05, 0.1) is 17.0 Å². The van der Waals surface area contributed by atoms with E-state index in [2.05, 4.69) is 16.8 Å². The molecule has 1 N–H and O–H groups in total. The molecule has 1 heterocycles. The molecule has 0 bridgehead atoms. The minimum atomic E-state index is -0.490. The number of H-pyrrole nitrogens is 1. The molecule has 1 amide bonds. The Morgan fingerprint density at radius 3 is 2.56 bits per heavy atom. The number of fused-ring (bicyclic) bond motifs is 1. The third-order valence-corrected chi connectivity index (χ3v) is 4.79. The van der Waals surface area contributed by atoms with Gasteiger partial charge in [-0.25, -0.2) is 5.10 Å². The summed E-state index contributed by atoms with van der Waals surface area (Å²) in [5.41, 5.74) is 2.56. The summed E-state index contributed by atoms with van der Waals surface area (Å²) in [5, 5.41) is 7.94. The molecule has 0 saturated carbocycles. The number of carbonyl (C=O) groups is 1. The van der Waals surface area contributed by atoms with Gasteiger partial charge in [0.1, 0.15) is 0 Å². The van der Waals surface area contributed by atoms with Crippen LogP contribution in [0.2, 0.25) is 0 Å². The summed E-state index contributed by atoms with van der Waals surface area (Å²) >= 11 is 0. The lowest BCUT2D eigenvalue weighted by atomic mass is 9.99. The molecule has 0 aliphatic rings. The molecule has 3 aromatic rings. The van der Waals surface area contributed by atoms with Crippen molar-refractivity contribution in [3.8, 4) is 0 Å². The first-order valence-electron chi connectivity index (χ1n) is 8.94. The first-order valence-corrected chi connectivity index (χ1v) is 8.94. The Morgan fingerprint density at radius 2 is 1.85 bits per heavy atom. The molecule has 0 spiro atoms. The second-order valence-electron chi connectivity index (χ2n) is 6.64. The number of benzene rings is 2. The van der Waals surface area contributed by atoms with E-state index in [0.717, 1.165) is 11.1 Å². The number of carbonyl (C=O) groups excluding carboxylic acids is 1. The number of aromatic nitrogens is 2. The summed E-state index contributed by atoms with van der Waals surface area (Å²) in [6.45, 7) is 8.59. The number of nitrogens with one attached hydrogen (secondary N) is 1. The van der Waals surface area contributed by atoms with Crippen molar-refractivity contribution in [2.24, 2.45) is 0 Å². The predicted octanol–water partition coefficient (Wildman–Crippen LogP) is 3.55. The van der Waals surface area contributed by atoms with E-state index in [4.69, 9.17) is 0 Å². The van der Waals surface area contributed by atoms with Gasteiger partial charge in [-0.1, -0.05) is 48.5 Å². The zero-order valence-corrected chi connectivity index (χ0v) is 15.6. The lowest BCUT2D eigenvalue weighted by Crippen LogP contribution is -2.35. The zero-order chi connectivity index (χ0) is 19.4. The highest BCUT2D eigenvalue weighted by Gasteiger charge is 2.25. The standard InChI is InChI=1S/C22H23N3O2/c1-4-13-25(14-17-10-6-5-9-15(17)2)22(27)16(3)20-18-11-7-8-12-19(18)21(26)24-23-20/h4-12,16H,1,13-14H2,2-3H3,(H,24,26)/t16-/m0/s1. The molecule has 0 unspecified atom stereocenters. The molecule has 3 rings (SSSR count). The van der Waals surface area contributed by atoms with E-state index in [0.29, 0.717) is 29.6 Å². The van der Waals surface area contributed by atoms with Crippen LogP contribution < -0.4 is 5.56 Å². The van der Waals surface area contributed by atoms with Gasteiger partial charge in [0, 0.05) is 18.5 Å². The van der Waals surface area contributed by atoms with Crippen LogP contribution in [0.25, 0.3) is 10.8 Å². The van der Waals surface area contributed by atoms with Gasteiger partial charge in [-0.15, -0.1) is 6.58 Å². The molecule has 5 heteroatoms. The van der Waals surface area contributed by atoms with Crippen LogP contribution in [0.4, 0.5) is 0 Å². The zero-order valence-electron chi connectivity index (χ0n) is 15.6. The minimum Gasteiger partial charge on any atom is -0.334 e. The quantitative estimate of drug-likeness (QED) is 0.683. The fourth-order valence-corrected chi connectivity index (χ4v) is 3.24. The Bertz CT molecular complexity index is 1040. The van der Waals surface area contributed by atoms with Crippen molar-refractivity contribution >= 4 is 16.7 Å². The summed E-state index contributed by atoms with van der Waals surface area (Å²) in [7, 11) is 0. The third kappa shape index (κ3) is 3.82. The number of nitrogens with zero attached hydrogens (tertiary/aromatic N) is 2. The van der Waals surface area contributed by atoms with Crippen LogP contribution in [0.3, 0.4) is 0 Å². The van der Waals surface area contributed by atoms with Crippen LogP contribution in [-0.4, -0.2) is 27.5 Å². The highest BCUT2D eigenvalue weighted by Crippen LogP contribution is 2.24. The molecular weight excluding hydrogens is 338 g/mol. The Labute approximate surface area is 158 Å². The normalized spacial score (nSPS) is 11.9. The highest BCUT2D eigenvalue weighted by molar-refractivity contribution is 5.91. The Hall–Kier alpha value is -3.21. The SMILES string of the molecule is C=CCN(Cc1ccccc1C)C(=O)[C@@H](C)c1n[nH]c(=O)c2ccccc12. The van der Waals surface area contributed by atoms with Crippen molar-refractivity contribution < 1.29 is 4.79 Å². The third-order valence-electron chi connectivity index (χ3n) is 4.79. The maximum absolute atomic E-state index is 13.2. The van der Waals surface area contributed by atoms with Gasteiger partial charge < -0.3 is 4.90 Å². The van der Waals surface area contributed by atoms with E-state index < -0.39 is 5.92 Å². The van der Waals surface area contributed by atoms with E-state index >= 15 is 0 Å². The lowest BCUT2D eigenvalue weighted by molar-refractivity contribution is -0.132. The van der Waals surface area contributed by atoms with Crippen LogP contribution in [-0.2, 0) is 11.3 Å². The van der Waals surface area contributed by atoms with E-state index in [1.54, 1.807) is 23.1 Å². The van der Waals surface area contributed by atoms with Crippen LogP contribution in [0, 0.1) is 6.92 Å². The summed E-state index contributed by atoms with van der Waals surface area (Å²) < 4.78 is 0. The van der Waals surface area contributed by atoms with Gasteiger partial charge in [0.15, 0.2) is 0 Å². The maximum atomic E-state index is 13.2. The number of amides is 1. The van der Waals surface area contributed by atoms with Crippen molar-refractivity contribution in [1.29, 1.82) is 0 Å². The molecular formula is C22H23N3O2. The fourth-order valence-electron chi connectivity index (χ4n) is 3.24. The maximum Gasteiger partial charge on any atom is 0.272 e. The predicted molar refractivity (Wildman–Crippen MR) is 108 cm³/mol. The summed E-state index contributed by atoms with van der Waals surface area (Å²) in [6.07, 6.45) is 1.72. The smallest absolute Gasteiger partial charge is 0.272 e. The number of rotatable bonds is 6. The molecule has 2 aromatic carbocycles. The van der Waals surface area contributed by atoms with Gasteiger partial charge in [0.25, 0.3) is 5.56 Å². The molecule has 5 nitrogen and oxygen atoms in total. The molecule has 138 valence electrons. The number of hydrogen-bond donors (Lipinski definition) is 1. The average Bonchev–Trinajstić information content (AvgIpc) is 2.69. The second kappa shape index (κ2) is 7.99. The van der Waals surface area contributed by atoms with Crippen LogP contribution in [0.5, 0.6) is 0 Å². The average molecular weight is 361 g/mol. The van der Waals surface area contributed by atoms with Crippen LogP contribution >= 0.6 is 0 Å². The number of aromatic amines is 1. The van der Waals surface area contributed by atoms with Crippen molar-refractivity contribution in [2.45, 2.75) is 26.3 Å². The van der Waals surface area contributed by atoms with Crippen LogP contribution in [0.1, 0.15) is 29.7 Å². The first-order chi connectivity index (χ1) is 13.0. The van der Waals surface area contributed by atoms with E-state index in [1.807, 2.05) is 50.2 Å². The minimum absolute atomic E-state index is 0.0529. The van der Waals surface area contributed by atoms with Crippen molar-refractivity contribution in [2.75, 3.05) is 6.54 Å². The molecule has 0 fully saturated rings. The van der Waals surface area contributed by atoms with Crippen molar-refractivity contribution in [1.82, 2.24) is 15.1 Å². The first kappa shape index (κ1) is 18.6. The highest BCUT2D eigenvalue weighted by atomic mass is 16.2. The van der Waals surface area contributed by atoms with Gasteiger partial charge in [0.2, 0.25) is 5.91 Å². The molecule has 0 saturated heterocycles. The van der Waals surface area contributed by atoms with Gasteiger partial charge in [-0.3, -0.25) is 9.59 Å². The summed E-state index contributed by atoms with van der Waals surface area (Å²) in [4.78, 5) is 27.0. The summed E-state index contributed by atoms with van der Waals surface area (Å²) in [5.74, 6) is -0.543.